The molecule has 19 heavy (non-hydrogen) atoms. The van der Waals surface area contributed by atoms with Gasteiger partial charge in [0, 0.05) is 32.8 Å². The van der Waals surface area contributed by atoms with Gasteiger partial charge in [-0.15, -0.1) is 0 Å². The lowest BCUT2D eigenvalue weighted by Crippen LogP contribution is -2.40. The van der Waals surface area contributed by atoms with Crippen LogP contribution in [0.25, 0.3) is 0 Å². The van der Waals surface area contributed by atoms with Crippen LogP contribution in [0.4, 0.5) is 4.79 Å². The average molecular weight is 269 g/mol. The van der Waals surface area contributed by atoms with E-state index in [1.54, 1.807) is 0 Å². The molecule has 0 bridgehead atoms. The summed E-state index contributed by atoms with van der Waals surface area (Å²) in [4.78, 5) is 16.2. The standard InChI is InChI=1S/C14H27N3O2/c1-16(2)10-12-6-8-17(11-12)14(18)15-7-5-13-4-3-9-19-13/h12-13H,3-11H2,1-2H3,(H,15,18)/t12-,13-/m0/s1. The summed E-state index contributed by atoms with van der Waals surface area (Å²) in [5.74, 6) is 0.624. The van der Waals surface area contributed by atoms with Crippen LogP contribution in [-0.4, -0.2) is 68.8 Å². The van der Waals surface area contributed by atoms with Crippen molar-refractivity contribution in [1.82, 2.24) is 15.1 Å². The van der Waals surface area contributed by atoms with Gasteiger partial charge in [0.05, 0.1) is 6.10 Å². The highest BCUT2D eigenvalue weighted by molar-refractivity contribution is 5.74. The van der Waals surface area contributed by atoms with E-state index in [0.717, 1.165) is 58.5 Å². The Bertz CT molecular complexity index is 290. The molecule has 2 fully saturated rings. The minimum Gasteiger partial charge on any atom is -0.378 e. The van der Waals surface area contributed by atoms with Crippen molar-refractivity contribution in [1.29, 1.82) is 0 Å². The normalized spacial score (nSPS) is 27.2. The van der Waals surface area contributed by atoms with Crippen LogP contribution in [0.3, 0.4) is 0 Å². The smallest absolute Gasteiger partial charge is 0.317 e. The molecule has 110 valence electrons. The molecule has 0 aliphatic carbocycles. The Labute approximate surface area is 116 Å². The van der Waals surface area contributed by atoms with Gasteiger partial charge in [-0.1, -0.05) is 0 Å². The third-order valence-electron chi connectivity index (χ3n) is 3.96. The van der Waals surface area contributed by atoms with E-state index in [1.807, 2.05) is 4.90 Å². The van der Waals surface area contributed by atoms with Gasteiger partial charge in [-0.3, -0.25) is 0 Å². The maximum Gasteiger partial charge on any atom is 0.317 e. The first-order valence-electron chi connectivity index (χ1n) is 7.44. The Morgan fingerprint density at radius 1 is 1.42 bits per heavy atom. The van der Waals surface area contributed by atoms with Crippen LogP contribution in [-0.2, 0) is 4.74 Å². The van der Waals surface area contributed by atoms with Crippen LogP contribution in [0.1, 0.15) is 25.7 Å². The third-order valence-corrected chi connectivity index (χ3v) is 3.96. The summed E-state index contributed by atoms with van der Waals surface area (Å²) < 4.78 is 5.55. The van der Waals surface area contributed by atoms with Crippen molar-refractivity contribution in [3.05, 3.63) is 0 Å². The highest BCUT2D eigenvalue weighted by Crippen LogP contribution is 2.17. The molecule has 2 heterocycles. The predicted molar refractivity (Wildman–Crippen MR) is 75.2 cm³/mol. The molecule has 0 aromatic rings. The number of carbonyl (C=O) groups excluding carboxylic acids is 1. The van der Waals surface area contributed by atoms with Crippen molar-refractivity contribution < 1.29 is 9.53 Å². The van der Waals surface area contributed by atoms with Crippen molar-refractivity contribution in [2.75, 3.05) is 46.9 Å². The monoisotopic (exact) mass is 269 g/mol. The maximum absolute atomic E-state index is 12.0. The fourth-order valence-corrected chi connectivity index (χ4v) is 3.01. The lowest BCUT2D eigenvalue weighted by atomic mass is 10.1. The zero-order valence-corrected chi connectivity index (χ0v) is 12.2. The molecule has 0 unspecified atom stereocenters. The number of urea groups is 1. The Morgan fingerprint density at radius 2 is 2.26 bits per heavy atom. The maximum atomic E-state index is 12.0. The van der Waals surface area contributed by atoms with Gasteiger partial charge in [0.25, 0.3) is 0 Å². The zero-order valence-electron chi connectivity index (χ0n) is 12.2. The molecular weight excluding hydrogens is 242 g/mol. The highest BCUT2D eigenvalue weighted by Gasteiger charge is 2.26. The fraction of sp³-hybridized carbons (Fsp3) is 0.929. The molecule has 0 spiro atoms. The van der Waals surface area contributed by atoms with Crippen LogP contribution in [0.15, 0.2) is 0 Å². The van der Waals surface area contributed by atoms with Crippen molar-refractivity contribution >= 4 is 6.03 Å². The van der Waals surface area contributed by atoms with E-state index in [2.05, 4.69) is 24.3 Å². The first-order valence-corrected chi connectivity index (χ1v) is 7.44. The number of amides is 2. The highest BCUT2D eigenvalue weighted by atomic mass is 16.5. The molecule has 0 aromatic heterocycles. The van der Waals surface area contributed by atoms with Gasteiger partial charge in [0.15, 0.2) is 0 Å². The zero-order chi connectivity index (χ0) is 13.7. The van der Waals surface area contributed by atoms with E-state index in [1.165, 1.54) is 0 Å². The molecule has 1 N–H and O–H groups in total. The molecule has 2 saturated heterocycles. The van der Waals surface area contributed by atoms with Crippen LogP contribution < -0.4 is 5.32 Å². The Kier molecular flexibility index (Phi) is 5.45. The molecule has 2 aliphatic rings. The minimum absolute atomic E-state index is 0.0965. The molecule has 0 saturated carbocycles. The lowest BCUT2D eigenvalue weighted by molar-refractivity contribution is 0.104. The van der Waals surface area contributed by atoms with E-state index in [9.17, 15) is 4.79 Å². The first-order chi connectivity index (χ1) is 9.15. The summed E-state index contributed by atoms with van der Waals surface area (Å²) in [7, 11) is 4.18. The van der Waals surface area contributed by atoms with Crippen molar-refractivity contribution in [3.63, 3.8) is 0 Å². The van der Waals surface area contributed by atoms with Crippen molar-refractivity contribution in [2.45, 2.75) is 31.8 Å². The van der Waals surface area contributed by atoms with Crippen LogP contribution in [0.5, 0.6) is 0 Å². The van der Waals surface area contributed by atoms with Crippen molar-refractivity contribution in [2.24, 2.45) is 5.92 Å². The van der Waals surface area contributed by atoms with Gasteiger partial charge in [-0.05, 0) is 45.7 Å². The molecule has 5 heteroatoms. The second kappa shape index (κ2) is 7.10. The Morgan fingerprint density at radius 3 is 2.95 bits per heavy atom. The molecular formula is C14H27N3O2. The topological polar surface area (TPSA) is 44.8 Å². The number of nitrogens with one attached hydrogen (secondary N) is 1. The molecule has 5 nitrogen and oxygen atoms in total. The summed E-state index contributed by atoms with van der Waals surface area (Å²) in [6.07, 6.45) is 4.74. The minimum atomic E-state index is 0.0965. The van der Waals surface area contributed by atoms with Gasteiger partial charge in [0.1, 0.15) is 0 Å². The van der Waals surface area contributed by atoms with E-state index >= 15 is 0 Å². The number of nitrogens with zero attached hydrogens (tertiary/aromatic N) is 2. The van der Waals surface area contributed by atoms with Gasteiger partial charge in [-0.25, -0.2) is 4.79 Å². The van der Waals surface area contributed by atoms with Crippen molar-refractivity contribution in [3.8, 4) is 0 Å². The first kappa shape index (κ1) is 14.6. The van der Waals surface area contributed by atoms with E-state index in [4.69, 9.17) is 4.74 Å². The van der Waals surface area contributed by atoms with Crippen LogP contribution >= 0.6 is 0 Å². The SMILES string of the molecule is CN(C)C[C@@H]1CCN(C(=O)NCC[C@@H]2CCCO2)C1. The Hall–Kier alpha value is -0.810. The number of hydrogen-bond acceptors (Lipinski definition) is 3. The summed E-state index contributed by atoms with van der Waals surface area (Å²) in [5.41, 5.74) is 0. The number of hydrogen-bond donors (Lipinski definition) is 1. The largest absolute Gasteiger partial charge is 0.378 e. The molecule has 2 amide bonds. The second-order valence-electron chi connectivity index (χ2n) is 6.02. The molecule has 2 atom stereocenters. The summed E-state index contributed by atoms with van der Waals surface area (Å²) in [5, 5.41) is 3.02. The Balaban J connectivity index is 1.61. The van der Waals surface area contributed by atoms with E-state index < -0.39 is 0 Å². The quantitative estimate of drug-likeness (QED) is 0.814. The van der Waals surface area contributed by atoms with Crippen LogP contribution in [0.2, 0.25) is 0 Å². The predicted octanol–water partition coefficient (Wildman–Crippen LogP) is 1.15. The molecule has 2 aliphatic heterocycles. The summed E-state index contributed by atoms with van der Waals surface area (Å²) in [6, 6.07) is 0.0965. The number of likely N-dealkylation sites (tertiary alicyclic amines) is 1. The number of ether oxygens (including phenoxy) is 1. The third kappa shape index (κ3) is 4.66. The summed E-state index contributed by atoms with van der Waals surface area (Å²) >= 11 is 0. The lowest BCUT2D eigenvalue weighted by Gasteiger charge is -2.19. The summed E-state index contributed by atoms with van der Waals surface area (Å²) in [6.45, 7) is 4.48. The average Bonchev–Trinajstić information content (AvgIpc) is 2.99. The van der Waals surface area contributed by atoms with E-state index in [0.29, 0.717) is 12.0 Å². The second-order valence-corrected chi connectivity index (χ2v) is 6.02. The molecule has 0 radical (unpaired) electrons. The van der Waals surface area contributed by atoms with Gasteiger partial charge >= 0.3 is 6.03 Å². The van der Waals surface area contributed by atoms with Crippen LogP contribution in [0, 0.1) is 5.92 Å². The van der Waals surface area contributed by atoms with Gasteiger partial charge in [0.2, 0.25) is 0 Å². The fourth-order valence-electron chi connectivity index (χ4n) is 3.01. The van der Waals surface area contributed by atoms with Gasteiger partial charge in [-0.2, -0.15) is 0 Å². The molecule has 2 rings (SSSR count). The number of carbonyl (C=O) groups is 1. The number of rotatable bonds is 5. The van der Waals surface area contributed by atoms with Gasteiger partial charge < -0.3 is 19.9 Å². The molecule has 0 aromatic carbocycles. The van der Waals surface area contributed by atoms with E-state index in [-0.39, 0.29) is 6.03 Å².